The van der Waals surface area contributed by atoms with E-state index in [9.17, 15) is 0 Å². The number of H-pyrrole nitrogens is 1. The number of para-hydroxylation sites is 1. The van der Waals surface area contributed by atoms with E-state index in [1.54, 1.807) is 0 Å². The Labute approximate surface area is 172 Å². The molecule has 3 heteroatoms. The maximum atomic E-state index is 4.71. The number of hydrogen-bond acceptors (Lipinski definition) is 1. The van der Waals surface area contributed by atoms with Crippen molar-refractivity contribution in [2.24, 2.45) is 0 Å². The van der Waals surface area contributed by atoms with Crippen LogP contribution in [0.2, 0.25) is 0 Å². The monoisotopic (exact) mass is 383 g/mol. The first-order chi connectivity index (χ1) is 14.9. The molecule has 0 saturated carbocycles. The van der Waals surface area contributed by atoms with Crippen LogP contribution >= 0.6 is 0 Å². The lowest BCUT2D eigenvalue weighted by Gasteiger charge is -2.05. The molecular formula is C27H17N3. The van der Waals surface area contributed by atoms with Gasteiger partial charge in [0.25, 0.3) is 0 Å². The molecular weight excluding hydrogens is 366 g/mol. The van der Waals surface area contributed by atoms with E-state index in [1.807, 2.05) is 29.1 Å². The average Bonchev–Trinajstić information content (AvgIpc) is 3.40. The summed E-state index contributed by atoms with van der Waals surface area (Å²) in [5, 5.41) is 13.5. The Morgan fingerprint density at radius 3 is 2.33 bits per heavy atom. The number of nitrogens with zero attached hydrogens (tertiary/aromatic N) is 2. The van der Waals surface area contributed by atoms with Gasteiger partial charge in [-0.15, -0.1) is 0 Å². The number of nitrogens with one attached hydrogen (secondary N) is 1. The summed E-state index contributed by atoms with van der Waals surface area (Å²) in [6.45, 7) is 0. The van der Waals surface area contributed by atoms with Crippen LogP contribution in [0, 0.1) is 0 Å². The highest BCUT2D eigenvalue weighted by molar-refractivity contribution is 6.26. The van der Waals surface area contributed by atoms with Crippen molar-refractivity contribution in [3.63, 3.8) is 0 Å². The first kappa shape index (κ1) is 15.8. The van der Waals surface area contributed by atoms with Crippen LogP contribution in [0.3, 0.4) is 0 Å². The predicted molar refractivity (Wildman–Crippen MR) is 125 cm³/mol. The summed E-state index contributed by atoms with van der Waals surface area (Å²) < 4.78 is 2.02. The van der Waals surface area contributed by atoms with E-state index in [1.165, 1.54) is 43.2 Å². The number of benzene rings is 5. The molecule has 0 atom stereocenters. The minimum Gasteiger partial charge on any atom is -0.354 e. The van der Waals surface area contributed by atoms with Crippen molar-refractivity contribution in [3.05, 3.63) is 97.2 Å². The Hall–Kier alpha value is -4.11. The Morgan fingerprint density at radius 1 is 0.600 bits per heavy atom. The van der Waals surface area contributed by atoms with Gasteiger partial charge < -0.3 is 4.98 Å². The molecule has 0 bridgehead atoms. The Morgan fingerprint density at radius 2 is 1.40 bits per heavy atom. The summed E-state index contributed by atoms with van der Waals surface area (Å²) in [4.78, 5) is 3.69. The normalized spacial score (nSPS) is 12.0. The van der Waals surface area contributed by atoms with E-state index >= 15 is 0 Å². The fourth-order valence-electron chi connectivity index (χ4n) is 4.84. The molecule has 0 amide bonds. The van der Waals surface area contributed by atoms with Crippen LogP contribution in [0.25, 0.3) is 59.9 Å². The van der Waals surface area contributed by atoms with Gasteiger partial charge >= 0.3 is 0 Å². The Kier molecular flexibility index (Phi) is 3.00. The summed E-state index contributed by atoms with van der Waals surface area (Å²) in [6, 6.07) is 32.2. The van der Waals surface area contributed by atoms with E-state index < -0.39 is 0 Å². The molecule has 140 valence electrons. The van der Waals surface area contributed by atoms with E-state index in [4.69, 9.17) is 5.10 Å². The fourth-order valence-corrected chi connectivity index (χ4v) is 4.84. The van der Waals surface area contributed by atoms with Gasteiger partial charge in [0.1, 0.15) is 0 Å². The second-order valence-electron chi connectivity index (χ2n) is 7.81. The minimum atomic E-state index is 1.07. The maximum absolute atomic E-state index is 4.71. The molecule has 7 rings (SSSR count). The third-order valence-electron chi connectivity index (χ3n) is 6.21. The molecule has 0 saturated heterocycles. The molecule has 0 aliphatic heterocycles. The predicted octanol–water partition coefficient (Wildman–Crippen LogP) is 6.97. The number of fused-ring (bicyclic) bond motifs is 9. The molecule has 0 fully saturated rings. The standard InChI is InChI=1S/C27H17N3/c1-2-7-18(8-3-1)30-25-15-14-24-26(23(25)16-28-30)22-13-12-20-19-9-5-4-6-17(19)10-11-21(20)27(22)29-24/h1-16,29H. The number of aromatic nitrogens is 3. The van der Waals surface area contributed by atoms with Crippen LogP contribution in [0.1, 0.15) is 0 Å². The van der Waals surface area contributed by atoms with E-state index in [-0.39, 0.29) is 0 Å². The molecule has 0 aliphatic carbocycles. The number of rotatable bonds is 1. The van der Waals surface area contributed by atoms with Crippen molar-refractivity contribution >= 4 is 54.3 Å². The molecule has 1 N–H and O–H groups in total. The van der Waals surface area contributed by atoms with Crippen LogP contribution in [0.15, 0.2) is 97.2 Å². The summed E-state index contributed by atoms with van der Waals surface area (Å²) in [5.41, 5.74) is 4.52. The zero-order valence-electron chi connectivity index (χ0n) is 16.1. The lowest BCUT2D eigenvalue weighted by molar-refractivity contribution is 0.911. The summed E-state index contributed by atoms with van der Waals surface area (Å²) in [6.07, 6.45) is 1.99. The van der Waals surface area contributed by atoms with Crippen molar-refractivity contribution in [3.8, 4) is 5.69 Å². The molecule has 2 heterocycles. The molecule has 2 aromatic heterocycles. The van der Waals surface area contributed by atoms with Gasteiger partial charge in [0.2, 0.25) is 0 Å². The van der Waals surface area contributed by atoms with Crippen LogP contribution in [0.5, 0.6) is 0 Å². The topological polar surface area (TPSA) is 33.6 Å². The average molecular weight is 383 g/mol. The van der Waals surface area contributed by atoms with Gasteiger partial charge in [0.05, 0.1) is 22.9 Å². The van der Waals surface area contributed by atoms with Gasteiger partial charge in [-0.05, 0) is 40.4 Å². The zero-order chi connectivity index (χ0) is 19.7. The van der Waals surface area contributed by atoms with Crippen LogP contribution in [-0.2, 0) is 0 Å². The molecule has 0 unspecified atom stereocenters. The van der Waals surface area contributed by atoms with Gasteiger partial charge in [-0.1, -0.05) is 66.7 Å². The lowest BCUT2D eigenvalue weighted by Crippen LogP contribution is -1.94. The van der Waals surface area contributed by atoms with E-state index in [2.05, 4.69) is 77.8 Å². The highest BCUT2D eigenvalue weighted by atomic mass is 15.3. The smallest absolute Gasteiger partial charge is 0.0748 e. The Bertz CT molecular complexity index is 1740. The number of aromatic amines is 1. The highest BCUT2D eigenvalue weighted by Gasteiger charge is 2.14. The molecule has 0 aliphatic rings. The van der Waals surface area contributed by atoms with Crippen molar-refractivity contribution in [1.82, 2.24) is 14.8 Å². The number of hydrogen-bond donors (Lipinski definition) is 1. The summed E-state index contributed by atoms with van der Waals surface area (Å²) in [5.74, 6) is 0. The second-order valence-corrected chi connectivity index (χ2v) is 7.81. The van der Waals surface area contributed by atoms with Crippen molar-refractivity contribution in [2.75, 3.05) is 0 Å². The second kappa shape index (κ2) is 5.71. The van der Waals surface area contributed by atoms with Crippen LogP contribution in [-0.4, -0.2) is 14.8 Å². The third-order valence-corrected chi connectivity index (χ3v) is 6.21. The van der Waals surface area contributed by atoms with Crippen molar-refractivity contribution in [1.29, 1.82) is 0 Å². The lowest BCUT2D eigenvalue weighted by atomic mass is 9.99. The van der Waals surface area contributed by atoms with Gasteiger partial charge in [0.15, 0.2) is 0 Å². The van der Waals surface area contributed by atoms with E-state index in [0.717, 1.165) is 16.7 Å². The van der Waals surface area contributed by atoms with Crippen molar-refractivity contribution in [2.45, 2.75) is 0 Å². The zero-order valence-corrected chi connectivity index (χ0v) is 16.1. The third kappa shape index (κ3) is 2.01. The minimum absolute atomic E-state index is 1.07. The molecule has 0 spiro atoms. The fraction of sp³-hybridized carbons (Fsp3) is 0. The Balaban J connectivity index is 1.60. The van der Waals surface area contributed by atoms with Crippen LogP contribution < -0.4 is 0 Å². The van der Waals surface area contributed by atoms with Gasteiger partial charge in [0, 0.05) is 27.1 Å². The first-order valence-electron chi connectivity index (χ1n) is 10.2. The van der Waals surface area contributed by atoms with Gasteiger partial charge in [-0.25, -0.2) is 4.68 Å². The summed E-state index contributed by atoms with van der Waals surface area (Å²) in [7, 11) is 0. The molecule has 0 radical (unpaired) electrons. The molecule has 3 nitrogen and oxygen atoms in total. The maximum Gasteiger partial charge on any atom is 0.0748 e. The van der Waals surface area contributed by atoms with Gasteiger partial charge in [-0.3, -0.25) is 0 Å². The quantitative estimate of drug-likeness (QED) is 0.305. The summed E-state index contributed by atoms with van der Waals surface area (Å²) >= 11 is 0. The van der Waals surface area contributed by atoms with Gasteiger partial charge in [-0.2, -0.15) is 5.10 Å². The highest BCUT2D eigenvalue weighted by Crippen LogP contribution is 2.37. The van der Waals surface area contributed by atoms with Crippen molar-refractivity contribution < 1.29 is 0 Å². The molecule has 30 heavy (non-hydrogen) atoms. The first-order valence-corrected chi connectivity index (χ1v) is 10.2. The SMILES string of the molecule is c1ccc(-n2ncc3c4c(ccc32)[nH]c2c3ccc5ccccc5c3ccc24)cc1. The molecule has 7 aromatic rings. The van der Waals surface area contributed by atoms with E-state index in [0.29, 0.717) is 0 Å². The van der Waals surface area contributed by atoms with Crippen LogP contribution in [0.4, 0.5) is 0 Å². The largest absolute Gasteiger partial charge is 0.354 e. The molecule has 5 aromatic carbocycles.